The van der Waals surface area contributed by atoms with E-state index in [0.717, 1.165) is 12.1 Å². The zero-order valence-electron chi connectivity index (χ0n) is 11.4. The van der Waals surface area contributed by atoms with Gasteiger partial charge in [-0.15, -0.1) is 0 Å². The Hall–Kier alpha value is -2.37. The molecule has 1 aromatic rings. The van der Waals surface area contributed by atoms with Crippen LogP contribution in [-0.2, 0) is 14.4 Å². The van der Waals surface area contributed by atoms with E-state index in [9.17, 15) is 14.4 Å². The van der Waals surface area contributed by atoms with Gasteiger partial charge in [0.05, 0.1) is 11.8 Å². The SMILES string of the molecule is O=C(O)C1CC1C(=O)Nc1cccc(N2CCCC2=O)c1. The maximum absolute atomic E-state index is 11.9. The second-order valence-corrected chi connectivity index (χ2v) is 5.48. The number of nitrogens with one attached hydrogen (secondary N) is 1. The molecule has 0 radical (unpaired) electrons. The molecule has 1 aliphatic carbocycles. The molecular formula is C15H16N2O4. The Balaban J connectivity index is 1.68. The number of carbonyl (C=O) groups excluding carboxylic acids is 2. The van der Waals surface area contributed by atoms with E-state index < -0.39 is 17.8 Å². The van der Waals surface area contributed by atoms with Crippen molar-refractivity contribution in [2.24, 2.45) is 11.8 Å². The number of carboxylic acid groups (broad SMARTS) is 1. The molecule has 1 saturated carbocycles. The Morgan fingerprint density at radius 3 is 2.71 bits per heavy atom. The average molecular weight is 288 g/mol. The van der Waals surface area contributed by atoms with Gasteiger partial charge in [-0.3, -0.25) is 14.4 Å². The van der Waals surface area contributed by atoms with Gasteiger partial charge in [0.25, 0.3) is 0 Å². The molecule has 0 bridgehead atoms. The molecule has 1 aliphatic heterocycles. The second kappa shape index (κ2) is 5.20. The van der Waals surface area contributed by atoms with Crippen LogP contribution in [0.1, 0.15) is 19.3 Å². The molecule has 0 spiro atoms. The Labute approximate surface area is 121 Å². The van der Waals surface area contributed by atoms with E-state index in [1.54, 1.807) is 23.1 Å². The van der Waals surface area contributed by atoms with Crippen LogP contribution in [0.25, 0.3) is 0 Å². The van der Waals surface area contributed by atoms with Crippen molar-refractivity contribution in [3.63, 3.8) is 0 Å². The molecule has 2 atom stereocenters. The summed E-state index contributed by atoms with van der Waals surface area (Å²) in [6.07, 6.45) is 1.79. The highest BCUT2D eigenvalue weighted by atomic mass is 16.4. The fourth-order valence-electron chi connectivity index (χ4n) is 2.67. The number of amides is 2. The van der Waals surface area contributed by atoms with Gasteiger partial charge >= 0.3 is 5.97 Å². The van der Waals surface area contributed by atoms with Crippen molar-refractivity contribution in [2.45, 2.75) is 19.3 Å². The van der Waals surface area contributed by atoms with E-state index in [2.05, 4.69) is 5.32 Å². The fourth-order valence-corrected chi connectivity index (χ4v) is 2.67. The van der Waals surface area contributed by atoms with Gasteiger partial charge in [-0.05, 0) is 31.0 Å². The summed E-state index contributed by atoms with van der Waals surface area (Å²) >= 11 is 0. The molecule has 110 valence electrons. The number of anilines is 2. The number of carbonyl (C=O) groups is 3. The number of carboxylic acids is 1. The van der Waals surface area contributed by atoms with Crippen LogP contribution in [0.15, 0.2) is 24.3 Å². The smallest absolute Gasteiger partial charge is 0.307 e. The van der Waals surface area contributed by atoms with Gasteiger partial charge in [0.2, 0.25) is 11.8 Å². The topological polar surface area (TPSA) is 86.7 Å². The van der Waals surface area contributed by atoms with Crippen LogP contribution >= 0.6 is 0 Å². The molecule has 6 heteroatoms. The molecule has 2 unspecified atom stereocenters. The van der Waals surface area contributed by atoms with Crippen molar-refractivity contribution in [3.05, 3.63) is 24.3 Å². The van der Waals surface area contributed by atoms with E-state index >= 15 is 0 Å². The lowest BCUT2D eigenvalue weighted by molar-refractivity contribution is -0.139. The molecule has 2 fully saturated rings. The van der Waals surface area contributed by atoms with Gasteiger partial charge in [-0.25, -0.2) is 0 Å². The number of benzene rings is 1. The molecule has 2 N–H and O–H groups in total. The number of hydrogen-bond donors (Lipinski definition) is 2. The summed E-state index contributed by atoms with van der Waals surface area (Å²) in [7, 11) is 0. The first-order valence-electron chi connectivity index (χ1n) is 7.00. The molecule has 3 rings (SSSR count). The Bertz CT molecular complexity index is 613. The number of hydrogen-bond acceptors (Lipinski definition) is 3. The van der Waals surface area contributed by atoms with Crippen LogP contribution in [0.2, 0.25) is 0 Å². The monoisotopic (exact) mass is 288 g/mol. The molecule has 6 nitrogen and oxygen atoms in total. The van der Waals surface area contributed by atoms with E-state index in [1.807, 2.05) is 6.07 Å². The minimum Gasteiger partial charge on any atom is -0.481 e. The van der Waals surface area contributed by atoms with E-state index in [1.165, 1.54) is 0 Å². The summed E-state index contributed by atoms with van der Waals surface area (Å²) in [6.45, 7) is 0.694. The van der Waals surface area contributed by atoms with Crippen LogP contribution in [0, 0.1) is 11.8 Å². The zero-order valence-corrected chi connectivity index (χ0v) is 11.4. The summed E-state index contributed by atoms with van der Waals surface area (Å²) in [4.78, 5) is 36.1. The minimum atomic E-state index is -0.924. The Morgan fingerprint density at radius 2 is 2.10 bits per heavy atom. The van der Waals surface area contributed by atoms with Crippen molar-refractivity contribution in [2.75, 3.05) is 16.8 Å². The van der Waals surface area contributed by atoms with E-state index in [0.29, 0.717) is 25.1 Å². The first-order chi connectivity index (χ1) is 10.1. The first-order valence-corrected chi connectivity index (χ1v) is 7.00. The van der Waals surface area contributed by atoms with Gasteiger partial charge in [0.1, 0.15) is 0 Å². The van der Waals surface area contributed by atoms with Crippen molar-refractivity contribution < 1.29 is 19.5 Å². The molecule has 1 saturated heterocycles. The van der Waals surface area contributed by atoms with Crippen LogP contribution in [0.4, 0.5) is 11.4 Å². The van der Waals surface area contributed by atoms with Crippen LogP contribution in [-0.4, -0.2) is 29.4 Å². The maximum atomic E-state index is 11.9. The molecule has 1 heterocycles. The highest BCUT2D eigenvalue weighted by Gasteiger charge is 2.48. The van der Waals surface area contributed by atoms with Crippen molar-refractivity contribution in [1.29, 1.82) is 0 Å². The molecule has 2 aliphatic rings. The molecule has 2 amide bonds. The Morgan fingerprint density at radius 1 is 1.29 bits per heavy atom. The lowest BCUT2D eigenvalue weighted by Gasteiger charge is -2.16. The second-order valence-electron chi connectivity index (χ2n) is 5.48. The number of rotatable bonds is 4. The first kappa shape index (κ1) is 13.6. The summed E-state index contributed by atoms with van der Waals surface area (Å²) in [5, 5.41) is 11.6. The summed E-state index contributed by atoms with van der Waals surface area (Å²) in [6, 6.07) is 7.09. The van der Waals surface area contributed by atoms with Crippen LogP contribution < -0.4 is 10.2 Å². The minimum absolute atomic E-state index is 0.0895. The predicted molar refractivity (Wildman–Crippen MR) is 75.9 cm³/mol. The Kier molecular flexibility index (Phi) is 3.37. The third-order valence-electron chi connectivity index (χ3n) is 3.94. The van der Waals surface area contributed by atoms with Gasteiger partial charge in [-0.1, -0.05) is 6.07 Å². The standard InChI is InChI=1S/C15H16N2O4/c18-13-5-2-6-17(13)10-4-1-3-9(7-10)16-14(19)11-8-12(11)15(20)21/h1,3-4,7,11-12H,2,5-6,8H2,(H,16,19)(H,20,21). The highest BCUT2D eigenvalue weighted by molar-refractivity contribution is 5.99. The van der Waals surface area contributed by atoms with Gasteiger partial charge in [0, 0.05) is 24.3 Å². The summed E-state index contributed by atoms with van der Waals surface area (Å²) in [5.41, 5.74) is 1.36. The average Bonchev–Trinajstić information content (AvgIpc) is 3.15. The van der Waals surface area contributed by atoms with Crippen molar-refractivity contribution in [1.82, 2.24) is 0 Å². The summed E-state index contributed by atoms with van der Waals surface area (Å²) < 4.78 is 0. The molecule has 1 aromatic carbocycles. The number of aliphatic carboxylic acids is 1. The molecule has 0 aromatic heterocycles. The number of nitrogens with zero attached hydrogens (tertiary/aromatic N) is 1. The summed E-state index contributed by atoms with van der Waals surface area (Å²) in [5.74, 6) is -2.11. The highest BCUT2D eigenvalue weighted by Crippen LogP contribution is 2.39. The van der Waals surface area contributed by atoms with Crippen LogP contribution in [0.3, 0.4) is 0 Å². The van der Waals surface area contributed by atoms with Crippen molar-refractivity contribution >= 4 is 29.2 Å². The van der Waals surface area contributed by atoms with E-state index in [-0.39, 0.29) is 11.8 Å². The van der Waals surface area contributed by atoms with Crippen LogP contribution in [0.5, 0.6) is 0 Å². The lowest BCUT2D eigenvalue weighted by atomic mass is 10.2. The largest absolute Gasteiger partial charge is 0.481 e. The lowest BCUT2D eigenvalue weighted by Crippen LogP contribution is -2.24. The predicted octanol–water partition coefficient (Wildman–Crippen LogP) is 1.47. The third kappa shape index (κ3) is 2.74. The zero-order chi connectivity index (χ0) is 15.0. The van der Waals surface area contributed by atoms with Gasteiger partial charge in [-0.2, -0.15) is 0 Å². The van der Waals surface area contributed by atoms with Gasteiger partial charge < -0.3 is 15.3 Å². The maximum Gasteiger partial charge on any atom is 0.307 e. The molecular weight excluding hydrogens is 272 g/mol. The molecule has 21 heavy (non-hydrogen) atoms. The quantitative estimate of drug-likeness (QED) is 0.878. The van der Waals surface area contributed by atoms with Crippen molar-refractivity contribution in [3.8, 4) is 0 Å². The van der Waals surface area contributed by atoms with Gasteiger partial charge in [0.15, 0.2) is 0 Å². The van der Waals surface area contributed by atoms with E-state index in [4.69, 9.17) is 5.11 Å². The third-order valence-corrected chi connectivity index (χ3v) is 3.94. The normalized spacial score (nSPS) is 24.0. The fraction of sp³-hybridized carbons (Fsp3) is 0.400.